The van der Waals surface area contributed by atoms with Crippen molar-refractivity contribution >= 4 is 19.9 Å². The number of nitrogens with zero attached hydrogens (tertiary/aromatic N) is 1. The average Bonchev–Trinajstić information content (AvgIpc) is 2.67. The molecule has 0 amide bonds. The van der Waals surface area contributed by atoms with Crippen molar-refractivity contribution in [3.8, 4) is 0 Å². The lowest BCUT2D eigenvalue weighted by Gasteiger charge is -2.27. The van der Waals surface area contributed by atoms with Crippen LogP contribution < -0.4 is 10.0 Å². The lowest BCUT2D eigenvalue weighted by molar-refractivity contribution is 0.253. The average molecular weight is 309 g/mol. The minimum Gasteiger partial charge on any atom is -0.314 e. The largest absolute Gasteiger partial charge is 0.314 e. The molecule has 1 unspecified atom stereocenters. The van der Waals surface area contributed by atoms with E-state index in [1.54, 1.807) is 0 Å². The van der Waals surface area contributed by atoms with Crippen molar-refractivity contribution in [3.05, 3.63) is 11.5 Å². The molecule has 1 fully saturated rings. The van der Waals surface area contributed by atoms with Crippen molar-refractivity contribution in [1.82, 2.24) is 14.9 Å². The van der Waals surface area contributed by atoms with E-state index in [-0.39, 0.29) is 11.5 Å². The van der Waals surface area contributed by atoms with Crippen molar-refractivity contribution in [2.45, 2.75) is 6.04 Å². The van der Waals surface area contributed by atoms with Crippen LogP contribution in [-0.4, -0.2) is 72.0 Å². The molecule has 9 heteroatoms. The van der Waals surface area contributed by atoms with E-state index in [2.05, 4.69) is 14.9 Å². The Morgan fingerprint density at radius 3 is 2.58 bits per heavy atom. The van der Waals surface area contributed by atoms with E-state index in [0.717, 1.165) is 31.6 Å². The molecule has 1 atom stereocenters. The Balaban J connectivity index is 1.80. The molecule has 7 nitrogen and oxygen atoms in total. The molecular weight excluding hydrogens is 290 g/mol. The molecule has 19 heavy (non-hydrogen) atoms. The number of hydrogen-bond acceptors (Lipinski definition) is 6. The molecule has 0 aromatic heterocycles. The number of nitrogens with one attached hydrogen (secondary N) is 2. The van der Waals surface area contributed by atoms with E-state index >= 15 is 0 Å². The van der Waals surface area contributed by atoms with Crippen LogP contribution in [0, 0.1) is 0 Å². The third-order valence-corrected chi connectivity index (χ3v) is 5.92. The van der Waals surface area contributed by atoms with Gasteiger partial charge in [-0.25, -0.2) is 21.6 Å². The van der Waals surface area contributed by atoms with Crippen LogP contribution in [0.4, 0.5) is 0 Å². The first-order valence-corrected chi connectivity index (χ1v) is 9.57. The molecule has 2 heterocycles. The van der Waals surface area contributed by atoms with Gasteiger partial charge in [0, 0.05) is 38.1 Å². The highest BCUT2D eigenvalue weighted by Gasteiger charge is 2.26. The Labute approximate surface area is 114 Å². The molecule has 1 saturated heterocycles. The fourth-order valence-electron chi connectivity index (χ4n) is 2.12. The third-order valence-electron chi connectivity index (χ3n) is 3.15. The zero-order valence-corrected chi connectivity index (χ0v) is 12.2. The zero-order chi connectivity index (χ0) is 13.9. The lowest BCUT2D eigenvalue weighted by Crippen LogP contribution is -2.46. The third kappa shape index (κ3) is 4.84. The molecule has 2 aliphatic rings. The van der Waals surface area contributed by atoms with E-state index in [1.807, 2.05) is 0 Å². The summed E-state index contributed by atoms with van der Waals surface area (Å²) >= 11 is 0. The summed E-state index contributed by atoms with van der Waals surface area (Å²) in [6.45, 7) is 3.90. The maximum Gasteiger partial charge on any atom is 0.213 e. The lowest BCUT2D eigenvalue weighted by atomic mass is 10.4. The highest BCUT2D eigenvalue weighted by Crippen LogP contribution is 2.09. The van der Waals surface area contributed by atoms with Crippen LogP contribution in [0.1, 0.15) is 0 Å². The van der Waals surface area contributed by atoms with E-state index in [1.165, 1.54) is 6.08 Å². The van der Waals surface area contributed by atoms with Gasteiger partial charge in [-0.1, -0.05) is 6.08 Å². The molecule has 110 valence electrons. The molecule has 0 bridgehead atoms. The molecule has 0 saturated carbocycles. The van der Waals surface area contributed by atoms with Gasteiger partial charge >= 0.3 is 0 Å². The van der Waals surface area contributed by atoms with Crippen molar-refractivity contribution in [1.29, 1.82) is 0 Å². The minimum absolute atomic E-state index is 0.00259. The van der Waals surface area contributed by atoms with Crippen molar-refractivity contribution in [3.63, 3.8) is 0 Å². The second-order valence-corrected chi connectivity index (χ2v) is 8.60. The van der Waals surface area contributed by atoms with Crippen molar-refractivity contribution in [2.75, 3.05) is 44.2 Å². The molecular formula is C10H19N3O4S2. The van der Waals surface area contributed by atoms with Gasteiger partial charge in [0.15, 0.2) is 9.84 Å². The first kappa shape index (κ1) is 14.9. The monoisotopic (exact) mass is 309 g/mol. The summed E-state index contributed by atoms with van der Waals surface area (Å²) in [5.74, 6) is -0.183. The Kier molecular flexibility index (Phi) is 4.62. The second-order valence-electron chi connectivity index (χ2n) is 4.79. The van der Waals surface area contributed by atoms with E-state index < -0.39 is 25.9 Å². The number of piperazine rings is 1. The smallest absolute Gasteiger partial charge is 0.213 e. The summed E-state index contributed by atoms with van der Waals surface area (Å²) in [6.07, 6.45) is 1.39. The van der Waals surface area contributed by atoms with Crippen LogP contribution >= 0.6 is 0 Å². The molecule has 2 rings (SSSR count). The minimum atomic E-state index is -3.44. The first-order valence-electron chi connectivity index (χ1n) is 6.20. The van der Waals surface area contributed by atoms with E-state index in [0.29, 0.717) is 6.54 Å². The fraction of sp³-hybridized carbons (Fsp3) is 0.800. The van der Waals surface area contributed by atoms with Crippen molar-refractivity contribution in [2.24, 2.45) is 0 Å². The summed E-state index contributed by atoms with van der Waals surface area (Å²) in [4.78, 5) is 2.08. The van der Waals surface area contributed by atoms with Crippen LogP contribution in [0.25, 0.3) is 0 Å². The van der Waals surface area contributed by atoms with Crippen LogP contribution in [0.5, 0.6) is 0 Å². The quantitative estimate of drug-likeness (QED) is 0.617. The maximum atomic E-state index is 11.9. The Morgan fingerprint density at radius 1 is 1.32 bits per heavy atom. The van der Waals surface area contributed by atoms with E-state index in [9.17, 15) is 16.8 Å². The van der Waals surface area contributed by atoms with Gasteiger partial charge in [0.05, 0.1) is 17.5 Å². The first-order chi connectivity index (χ1) is 8.86. The summed E-state index contributed by atoms with van der Waals surface area (Å²) in [5, 5.41) is 4.26. The van der Waals surface area contributed by atoms with Gasteiger partial charge in [-0.3, -0.25) is 4.90 Å². The normalized spacial score (nSPS) is 27.7. The predicted octanol–water partition coefficient (Wildman–Crippen LogP) is -1.88. The Bertz CT molecular complexity index is 535. The highest BCUT2D eigenvalue weighted by molar-refractivity contribution is 7.94. The maximum absolute atomic E-state index is 11.9. The highest BCUT2D eigenvalue weighted by atomic mass is 32.2. The molecule has 0 radical (unpaired) electrons. The SMILES string of the molecule is O=S1(=O)C=CC(NS(=O)(=O)CCN2CCNCC2)C1. The van der Waals surface area contributed by atoms with Crippen LogP contribution in [0.15, 0.2) is 11.5 Å². The van der Waals surface area contributed by atoms with Crippen molar-refractivity contribution < 1.29 is 16.8 Å². The number of rotatable bonds is 5. The molecule has 0 aliphatic carbocycles. The summed E-state index contributed by atoms with van der Waals surface area (Å²) in [7, 11) is -6.67. The standard InChI is InChI=1S/C10H19N3O4S2/c14-18(15)7-1-10(9-18)12-19(16,17)8-6-13-4-2-11-3-5-13/h1,7,10-12H,2-6,8-9H2. The van der Waals surface area contributed by atoms with Gasteiger partial charge in [0.25, 0.3) is 0 Å². The zero-order valence-electron chi connectivity index (χ0n) is 10.6. The summed E-state index contributed by atoms with van der Waals surface area (Å²) in [5.41, 5.74) is 0. The van der Waals surface area contributed by atoms with Gasteiger partial charge in [-0.2, -0.15) is 0 Å². The Morgan fingerprint density at radius 2 is 2.00 bits per heavy atom. The molecule has 0 spiro atoms. The van der Waals surface area contributed by atoms with Crippen LogP contribution in [0.2, 0.25) is 0 Å². The second kappa shape index (κ2) is 5.88. The van der Waals surface area contributed by atoms with Gasteiger partial charge in [0.1, 0.15) is 0 Å². The van der Waals surface area contributed by atoms with Gasteiger partial charge in [0.2, 0.25) is 10.0 Å². The van der Waals surface area contributed by atoms with Gasteiger partial charge in [-0.05, 0) is 0 Å². The van der Waals surface area contributed by atoms with Crippen LogP contribution in [-0.2, 0) is 19.9 Å². The molecule has 0 aromatic carbocycles. The molecule has 2 aliphatic heterocycles. The number of sulfonamides is 1. The molecule has 2 N–H and O–H groups in total. The topological polar surface area (TPSA) is 95.6 Å². The predicted molar refractivity (Wildman–Crippen MR) is 72.9 cm³/mol. The number of hydrogen-bond donors (Lipinski definition) is 2. The Hall–Kier alpha value is -0.480. The fourth-order valence-corrected chi connectivity index (χ4v) is 4.70. The van der Waals surface area contributed by atoms with Gasteiger partial charge < -0.3 is 5.32 Å². The van der Waals surface area contributed by atoms with E-state index in [4.69, 9.17) is 0 Å². The van der Waals surface area contributed by atoms with Gasteiger partial charge in [-0.15, -0.1) is 0 Å². The van der Waals surface area contributed by atoms with Crippen LogP contribution in [0.3, 0.4) is 0 Å². The summed E-state index contributed by atoms with van der Waals surface area (Å²) < 4.78 is 48.5. The molecule has 0 aromatic rings. The number of sulfone groups is 1. The summed E-state index contributed by atoms with van der Waals surface area (Å²) in [6, 6.07) is -0.627.